The zero-order chi connectivity index (χ0) is 13.7. The van der Waals surface area contributed by atoms with E-state index in [1.807, 2.05) is 0 Å². The standard InChI is InChI=1S/C14H19F2N3O/c15-14(16)3-1-8(2-4-14)12-18-13(20-19-12)11-6-10-5-9(11)7-17-10/h8-11,17H,1-7H2. The van der Waals surface area contributed by atoms with E-state index in [4.69, 9.17) is 4.52 Å². The van der Waals surface area contributed by atoms with E-state index in [0.717, 1.165) is 18.9 Å². The molecule has 2 heterocycles. The molecule has 20 heavy (non-hydrogen) atoms. The molecule has 1 saturated heterocycles. The highest BCUT2D eigenvalue weighted by Crippen LogP contribution is 2.44. The summed E-state index contributed by atoms with van der Waals surface area (Å²) >= 11 is 0. The van der Waals surface area contributed by atoms with Gasteiger partial charge in [-0.05, 0) is 38.1 Å². The molecule has 4 rings (SSSR count). The molecule has 110 valence electrons. The smallest absolute Gasteiger partial charge is 0.248 e. The molecule has 4 nitrogen and oxygen atoms in total. The van der Waals surface area contributed by atoms with Crippen molar-refractivity contribution in [2.24, 2.45) is 5.92 Å². The summed E-state index contributed by atoms with van der Waals surface area (Å²) in [5.74, 6) is -0.114. The third-order valence-corrected chi connectivity index (χ3v) is 5.22. The van der Waals surface area contributed by atoms with Gasteiger partial charge < -0.3 is 9.84 Å². The van der Waals surface area contributed by atoms with Gasteiger partial charge in [-0.25, -0.2) is 8.78 Å². The molecule has 3 aliphatic rings. The highest BCUT2D eigenvalue weighted by Gasteiger charge is 2.43. The van der Waals surface area contributed by atoms with E-state index in [9.17, 15) is 8.78 Å². The number of nitrogens with zero attached hydrogens (tertiary/aromatic N) is 2. The molecule has 1 aromatic rings. The second-order valence-corrected chi connectivity index (χ2v) is 6.56. The highest BCUT2D eigenvalue weighted by molar-refractivity contribution is 5.09. The molecule has 3 atom stereocenters. The lowest BCUT2D eigenvalue weighted by Gasteiger charge is -2.26. The Labute approximate surface area is 116 Å². The summed E-state index contributed by atoms with van der Waals surface area (Å²) in [5, 5.41) is 7.53. The van der Waals surface area contributed by atoms with Crippen LogP contribution in [-0.2, 0) is 0 Å². The maximum atomic E-state index is 13.2. The van der Waals surface area contributed by atoms with Gasteiger partial charge in [-0.3, -0.25) is 0 Å². The summed E-state index contributed by atoms with van der Waals surface area (Å²) < 4.78 is 31.8. The first-order valence-corrected chi connectivity index (χ1v) is 7.55. The minimum Gasteiger partial charge on any atom is -0.339 e. The summed E-state index contributed by atoms with van der Waals surface area (Å²) in [7, 11) is 0. The van der Waals surface area contributed by atoms with Crippen LogP contribution in [0.15, 0.2) is 4.52 Å². The molecule has 1 N–H and O–H groups in total. The van der Waals surface area contributed by atoms with Gasteiger partial charge in [0.05, 0.1) is 0 Å². The first-order valence-electron chi connectivity index (χ1n) is 7.55. The van der Waals surface area contributed by atoms with Gasteiger partial charge in [-0.1, -0.05) is 5.16 Å². The molecule has 0 spiro atoms. The molecule has 0 aromatic carbocycles. The van der Waals surface area contributed by atoms with Gasteiger partial charge in [0, 0.05) is 30.7 Å². The molecule has 1 aromatic heterocycles. The molecule has 2 saturated carbocycles. The monoisotopic (exact) mass is 283 g/mol. The predicted molar refractivity (Wildman–Crippen MR) is 67.7 cm³/mol. The molecule has 6 heteroatoms. The van der Waals surface area contributed by atoms with Crippen LogP contribution in [0.1, 0.15) is 62.1 Å². The second-order valence-electron chi connectivity index (χ2n) is 6.56. The number of fused-ring (bicyclic) bond motifs is 2. The Morgan fingerprint density at radius 2 is 2.00 bits per heavy atom. The fourth-order valence-corrected chi connectivity index (χ4v) is 4.00. The van der Waals surface area contributed by atoms with Crippen molar-refractivity contribution in [1.29, 1.82) is 0 Å². The Bertz CT molecular complexity index is 494. The fourth-order valence-electron chi connectivity index (χ4n) is 4.00. The van der Waals surface area contributed by atoms with Gasteiger partial charge >= 0.3 is 0 Å². The average molecular weight is 283 g/mol. The first-order chi connectivity index (χ1) is 9.61. The first kappa shape index (κ1) is 12.7. The van der Waals surface area contributed by atoms with Crippen molar-refractivity contribution in [3.05, 3.63) is 11.7 Å². The van der Waals surface area contributed by atoms with Gasteiger partial charge in [0.2, 0.25) is 11.8 Å². The SMILES string of the molecule is FC1(F)CCC(c2noc(C3CC4CC3CN4)n2)CC1. The lowest BCUT2D eigenvalue weighted by molar-refractivity contribution is -0.0389. The van der Waals surface area contributed by atoms with Crippen LogP contribution in [0, 0.1) is 5.92 Å². The van der Waals surface area contributed by atoms with Crippen LogP contribution in [0.25, 0.3) is 0 Å². The Morgan fingerprint density at radius 1 is 1.20 bits per heavy atom. The van der Waals surface area contributed by atoms with Crippen LogP contribution in [-0.4, -0.2) is 28.6 Å². The van der Waals surface area contributed by atoms with E-state index < -0.39 is 5.92 Å². The Balaban J connectivity index is 1.46. The molecule has 0 radical (unpaired) electrons. The van der Waals surface area contributed by atoms with Gasteiger partial charge in [0.25, 0.3) is 0 Å². The molecule has 1 aliphatic heterocycles. The van der Waals surface area contributed by atoms with E-state index in [1.165, 1.54) is 6.42 Å². The summed E-state index contributed by atoms with van der Waals surface area (Å²) in [6.45, 7) is 1.03. The molecule has 3 unspecified atom stereocenters. The molecular weight excluding hydrogens is 264 g/mol. The van der Waals surface area contributed by atoms with Gasteiger partial charge in [0.1, 0.15) is 0 Å². The van der Waals surface area contributed by atoms with Crippen molar-refractivity contribution in [2.45, 2.75) is 62.3 Å². The normalized spacial score (nSPS) is 36.6. The lowest BCUT2D eigenvalue weighted by Crippen LogP contribution is -2.28. The Kier molecular flexibility index (Phi) is 2.84. The van der Waals surface area contributed by atoms with E-state index in [2.05, 4.69) is 15.5 Å². The van der Waals surface area contributed by atoms with Crippen molar-refractivity contribution in [1.82, 2.24) is 15.5 Å². The topological polar surface area (TPSA) is 51.0 Å². The number of hydrogen-bond acceptors (Lipinski definition) is 4. The van der Waals surface area contributed by atoms with Crippen molar-refractivity contribution in [2.75, 3.05) is 6.54 Å². The number of piperidine rings is 1. The van der Waals surface area contributed by atoms with Crippen LogP contribution in [0.2, 0.25) is 0 Å². The largest absolute Gasteiger partial charge is 0.339 e. The van der Waals surface area contributed by atoms with Crippen LogP contribution in [0.5, 0.6) is 0 Å². The molecule has 2 bridgehead atoms. The second kappa shape index (κ2) is 4.48. The van der Waals surface area contributed by atoms with Crippen molar-refractivity contribution in [3.63, 3.8) is 0 Å². The van der Waals surface area contributed by atoms with Gasteiger partial charge in [-0.2, -0.15) is 4.98 Å². The van der Waals surface area contributed by atoms with Gasteiger partial charge in [-0.15, -0.1) is 0 Å². The van der Waals surface area contributed by atoms with E-state index >= 15 is 0 Å². The maximum Gasteiger partial charge on any atom is 0.248 e. The predicted octanol–water partition coefficient (Wildman–Crippen LogP) is 2.83. The van der Waals surface area contributed by atoms with Crippen molar-refractivity contribution in [3.8, 4) is 0 Å². The fraction of sp³-hybridized carbons (Fsp3) is 0.857. The molecule has 0 amide bonds. The lowest BCUT2D eigenvalue weighted by atomic mass is 9.86. The van der Waals surface area contributed by atoms with Crippen LogP contribution >= 0.6 is 0 Å². The minimum atomic E-state index is -2.50. The average Bonchev–Trinajstić information content (AvgIpc) is 3.14. The molecular formula is C14H19F2N3O. The summed E-state index contributed by atoms with van der Waals surface area (Å²) in [4.78, 5) is 4.53. The number of rotatable bonds is 2. The number of hydrogen-bond donors (Lipinski definition) is 1. The quantitative estimate of drug-likeness (QED) is 0.906. The van der Waals surface area contributed by atoms with Crippen LogP contribution < -0.4 is 5.32 Å². The number of aromatic nitrogens is 2. The van der Waals surface area contributed by atoms with Crippen molar-refractivity contribution >= 4 is 0 Å². The minimum absolute atomic E-state index is 0.0452. The summed E-state index contributed by atoms with van der Waals surface area (Å²) in [6.07, 6.45) is 3.07. The third kappa shape index (κ3) is 2.14. The van der Waals surface area contributed by atoms with E-state index in [-0.39, 0.29) is 18.8 Å². The maximum absolute atomic E-state index is 13.2. The Morgan fingerprint density at radius 3 is 2.65 bits per heavy atom. The summed E-state index contributed by atoms with van der Waals surface area (Å²) in [6, 6.07) is 0.591. The number of halogens is 2. The summed E-state index contributed by atoms with van der Waals surface area (Å²) in [5.41, 5.74) is 0. The van der Waals surface area contributed by atoms with E-state index in [0.29, 0.717) is 36.5 Å². The van der Waals surface area contributed by atoms with Crippen molar-refractivity contribution < 1.29 is 13.3 Å². The molecule has 2 aliphatic carbocycles. The van der Waals surface area contributed by atoms with Gasteiger partial charge in [0.15, 0.2) is 5.82 Å². The number of alkyl halides is 2. The zero-order valence-corrected chi connectivity index (χ0v) is 11.3. The number of nitrogens with one attached hydrogen (secondary N) is 1. The third-order valence-electron chi connectivity index (χ3n) is 5.22. The zero-order valence-electron chi connectivity index (χ0n) is 11.3. The van der Waals surface area contributed by atoms with Crippen LogP contribution in [0.3, 0.4) is 0 Å². The van der Waals surface area contributed by atoms with Crippen LogP contribution in [0.4, 0.5) is 8.78 Å². The molecule has 3 fully saturated rings. The Hall–Kier alpha value is -1.04. The van der Waals surface area contributed by atoms with E-state index in [1.54, 1.807) is 0 Å². The highest BCUT2D eigenvalue weighted by atomic mass is 19.3.